The fourth-order valence-electron chi connectivity index (χ4n) is 0.984. The van der Waals surface area contributed by atoms with E-state index in [4.69, 9.17) is 11.6 Å². The third-order valence-electron chi connectivity index (χ3n) is 1.62. The lowest BCUT2D eigenvalue weighted by Crippen LogP contribution is -2.03. The quantitative estimate of drug-likeness (QED) is 0.727. The number of rotatable bonds is 1. The zero-order valence-corrected chi connectivity index (χ0v) is 9.57. The van der Waals surface area contributed by atoms with Crippen molar-refractivity contribution in [2.75, 3.05) is 7.11 Å². The van der Waals surface area contributed by atoms with Gasteiger partial charge in [0, 0.05) is 9.50 Å². The number of carbonyl (C=O) groups excluding carboxylic acids is 1. The fraction of sp³-hybridized carbons (Fsp3) is 0.222. The smallest absolute Gasteiger partial charge is 0.339 e. The zero-order chi connectivity index (χ0) is 10.0. The van der Waals surface area contributed by atoms with Gasteiger partial charge in [-0.05, 0) is 40.5 Å². The third kappa shape index (κ3) is 2.23. The average molecular weight is 264 g/mol. The highest BCUT2D eigenvalue weighted by Crippen LogP contribution is 2.26. The van der Waals surface area contributed by atoms with Crippen molar-refractivity contribution in [2.24, 2.45) is 0 Å². The predicted molar refractivity (Wildman–Crippen MR) is 55.2 cm³/mol. The van der Waals surface area contributed by atoms with Crippen molar-refractivity contribution in [1.29, 1.82) is 0 Å². The maximum atomic E-state index is 11.2. The van der Waals surface area contributed by atoms with Gasteiger partial charge in [-0.15, -0.1) is 0 Å². The summed E-state index contributed by atoms with van der Waals surface area (Å²) in [4.78, 5) is 11.2. The van der Waals surface area contributed by atoms with E-state index in [1.807, 2.05) is 6.92 Å². The molecule has 13 heavy (non-hydrogen) atoms. The van der Waals surface area contributed by atoms with Gasteiger partial charge in [0.2, 0.25) is 0 Å². The van der Waals surface area contributed by atoms with Gasteiger partial charge >= 0.3 is 5.97 Å². The Balaban J connectivity index is 3.28. The van der Waals surface area contributed by atoms with Gasteiger partial charge in [0.25, 0.3) is 0 Å². The first-order valence-corrected chi connectivity index (χ1v) is 4.77. The van der Waals surface area contributed by atoms with Crippen molar-refractivity contribution in [3.8, 4) is 0 Å². The van der Waals surface area contributed by atoms with E-state index in [0.29, 0.717) is 10.6 Å². The summed E-state index contributed by atoms with van der Waals surface area (Å²) in [6.45, 7) is 1.86. The lowest BCUT2D eigenvalue weighted by atomic mass is 10.1. The van der Waals surface area contributed by atoms with E-state index in [2.05, 4.69) is 20.7 Å². The molecule has 0 spiro atoms. The van der Waals surface area contributed by atoms with Gasteiger partial charge in [0.05, 0.1) is 12.7 Å². The molecular weight excluding hydrogens is 255 g/mol. The zero-order valence-electron chi connectivity index (χ0n) is 7.23. The summed E-state index contributed by atoms with van der Waals surface area (Å²) < 4.78 is 5.33. The van der Waals surface area contributed by atoms with Crippen LogP contribution in [0.3, 0.4) is 0 Å². The lowest BCUT2D eigenvalue weighted by molar-refractivity contribution is 0.0599. The monoisotopic (exact) mass is 262 g/mol. The minimum Gasteiger partial charge on any atom is -0.465 e. The summed E-state index contributed by atoms with van der Waals surface area (Å²) in [5.41, 5.74) is 1.36. The molecule has 0 aliphatic carbocycles. The van der Waals surface area contributed by atoms with E-state index in [-0.39, 0.29) is 0 Å². The van der Waals surface area contributed by atoms with Crippen LogP contribution in [0.1, 0.15) is 15.9 Å². The standard InChI is InChI=1S/C9H8BrClO2/c1-5-3-6(11)4-7(8(5)10)9(12)13-2/h3-4H,1-2H3. The summed E-state index contributed by atoms with van der Waals surface area (Å²) >= 11 is 9.09. The second kappa shape index (κ2) is 4.11. The molecule has 4 heteroatoms. The summed E-state index contributed by atoms with van der Waals surface area (Å²) in [5, 5.41) is 0.529. The molecule has 0 amide bonds. The number of esters is 1. The molecule has 0 fully saturated rings. The molecular formula is C9H8BrClO2. The topological polar surface area (TPSA) is 26.3 Å². The van der Waals surface area contributed by atoms with E-state index in [0.717, 1.165) is 10.0 Å². The second-order valence-corrected chi connectivity index (χ2v) is 3.81. The Labute approximate surface area is 90.0 Å². The highest BCUT2D eigenvalue weighted by molar-refractivity contribution is 9.10. The maximum absolute atomic E-state index is 11.2. The number of hydrogen-bond donors (Lipinski definition) is 0. The molecule has 2 nitrogen and oxygen atoms in total. The van der Waals surface area contributed by atoms with Crippen LogP contribution in [0.25, 0.3) is 0 Å². The van der Waals surface area contributed by atoms with Crippen LogP contribution in [0.2, 0.25) is 5.02 Å². The number of carbonyl (C=O) groups is 1. The maximum Gasteiger partial charge on any atom is 0.339 e. The highest BCUT2D eigenvalue weighted by Gasteiger charge is 2.12. The predicted octanol–water partition coefficient (Wildman–Crippen LogP) is 3.20. The summed E-state index contributed by atoms with van der Waals surface area (Å²) in [7, 11) is 1.34. The van der Waals surface area contributed by atoms with Crippen LogP contribution in [-0.2, 0) is 4.74 Å². The van der Waals surface area contributed by atoms with Crippen LogP contribution in [0.15, 0.2) is 16.6 Å². The molecule has 0 saturated heterocycles. The van der Waals surface area contributed by atoms with Crippen molar-refractivity contribution in [3.05, 3.63) is 32.8 Å². The Morgan fingerprint density at radius 3 is 2.69 bits per heavy atom. The first-order valence-electron chi connectivity index (χ1n) is 3.60. The van der Waals surface area contributed by atoms with Gasteiger partial charge in [-0.3, -0.25) is 0 Å². The molecule has 0 bridgehead atoms. The Morgan fingerprint density at radius 1 is 1.54 bits per heavy atom. The minimum atomic E-state index is -0.391. The van der Waals surface area contributed by atoms with E-state index in [1.165, 1.54) is 7.11 Å². The van der Waals surface area contributed by atoms with E-state index in [1.54, 1.807) is 12.1 Å². The van der Waals surface area contributed by atoms with Gasteiger partial charge in [-0.2, -0.15) is 0 Å². The molecule has 1 rings (SSSR count). The first-order chi connectivity index (χ1) is 6.06. The SMILES string of the molecule is COC(=O)c1cc(Cl)cc(C)c1Br. The molecule has 0 heterocycles. The molecule has 1 aromatic carbocycles. The van der Waals surface area contributed by atoms with Crippen LogP contribution in [-0.4, -0.2) is 13.1 Å². The summed E-state index contributed by atoms with van der Waals surface area (Å²) in [6, 6.07) is 3.35. The highest BCUT2D eigenvalue weighted by atomic mass is 79.9. The Bertz CT molecular complexity index is 350. The van der Waals surface area contributed by atoms with Crippen LogP contribution >= 0.6 is 27.5 Å². The molecule has 0 saturated carbocycles. The van der Waals surface area contributed by atoms with Gasteiger partial charge in [0.1, 0.15) is 0 Å². The lowest BCUT2D eigenvalue weighted by Gasteiger charge is -2.05. The molecule has 0 aromatic heterocycles. The number of methoxy groups -OCH3 is 1. The average Bonchev–Trinajstić information content (AvgIpc) is 2.10. The molecule has 0 aliphatic rings. The second-order valence-electron chi connectivity index (χ2n) is 2.58. The van der Waals surface area contributed by atoms with Crippen molar-refractivity contribution >= 4 is 33.5 Å². The molecule has 0 atom stereocenters. The van der Waals surface area contributed by atoms with E-state index in [9.17, 15) is 4.79 Å². The number of halogens is 2. The van der Waals surface area contributed by atoms with Crippen LogP contribution in [0.4, 0.5) is 0 Å². The molecule has 1 aromatic rings. The van der Waals surface area contributed by atoms with Gasteiger partial charge in [0.15, 0.2) is 0 Å². The van der Waals surface area contributed by atoms with Gasteiger partial charge in [-0.25, -0.2) is 4.79 Å². The number of benzene rings is 1. The number of hydrogen-bond acceptors (Lipinski definition) is 2. The van der Waals surface area contributed by atoms with Crippen LogP contribution < -0.4 is 0 Å². The molecule has 0 aliphatic heterocycles. The van der Waals surface area contributed by atoms with E-state index >= 15 is 0 Å². The normalized spacial score (nSPS) is 9.85. The molecule has 0 radical (unpaired) electrons. The number of ether oxygens (including phenoxy) is 1. The van der Waals surface area contributed by atoms with Gasteiger partial charge < -0.3 is 4.74 Å². The molecule has 70 valence electrons. The van der Waals surface area contributed by atoms with Crippen LogP contribution in [0.5, 0.6) is 0 Å². The first kappa shape index (κ1) is 10.5. The van der Waals surface area contributed by atoms with Crippen molar-refractivity contribution in [3.63, 3.8) is 0 Å². The Morgan fingerprint density at radius 2 is 2.15 bits per heavy atom. The van der Waals surface area contributed by atoms with Crippen LogP contribution in [0, 0.1) is 6.92 Å². The Kier molecular flexibility index (Phi) is 3.33. The molecule has 0 unspecified atom stereocenters. The van der Waals surface area contributed by atoms with Crippen molar-refractivity contribution in [1.82, 2.24) is 0 Å². The largest absolute Gasteiger partial charge is 0.465 e. The summed E-state index contributed by atoms with van der Waals surface area (Å²) in [5.74, 6) is -0.391. The van der Waals surface area contributed by atoms with Crippen molar-refractivity contribution < 1.29 is 9.53 Å². The summed E-state index contributed by atoms with van der Waals surface area (Å²) in [6.07, 6.45) is 0. The van der Waals surface area contributed by atoms with Gasteiger partial charge in [-0.1, -0.05) is 11.6 Å². The van der Waals surface area contributed by atoms with Crippen molar-refractivity contribution in [2.45, 2.75) is 6.92 Å². The third-order valence-corrected chi connectivity index (χ3v) is 2.90. The minimum absolute atomic E-state index is 0.391. The molecule has 0 N–H and O–H groups in total. The Hall–Kier alpha value is -0.540. The van der Waals surface area contributed by atoms with E-state index < -0.39 is 5.97 Å². The number of aryl methyl sites for hydroxylation is 1. The fourth-order valence-corrected chi connectivity index (χ4v) is 1.65.